The van der Waals surface area contributed by atoms with E-state index in [9.17, 15) is 0 Å². The second-order valence-electron chi connectivity index (χ2n) is 5.78. The Hall–Kier alpha value is -2.90. The summed E-state index contributed by atoms with van der Waals surface area (Å²) in [6, 6.07) is 7.57. The number of hydrogen-bond donors (Lipinski definition) is 3. The van der Waals surface area contributed by atoms with Gasteiger partial charge in [-0.15, -0.1) is 0 Å². The summed E-state index contributed by atoms with van der Waals surface area (Å²) in [5, 5.41) is 17.8. The molecule has 0 unspecified atom stereocenters. The minimum Gasteiger partial charge on any atom is -0.424 e. The highest BCUT2D eigenvalue weighted by atomic mass is 16.5. The Morgan fingerprint density at radius 1 is 0.958 bits per heavy atom. The molecule has 1 heterocycles. The minimum absolute atomic E-state index is 0.184. The first-order valence-corrected chi connectivity index (χ1v) is 7.70. The summed E-state index contributed by atoms with van der Waals surface area (Å²) in [6.07, 6.45) is 1.34. The van der Waals surface area contributed by atoms with Crippen LogP contribution in [0.5, 0.6) is 11.8 Å². The zero-order valence-electron chi connectivity index (χ0n) is 14.2. The number of aromatic nitrogens is 3. The predicted molar refractivity (Wildman–Crippen MR) is 93.2 cm³/mol. The molecule has 24 heavy (non-hydrogen) atoms. The normalized spacial score (nSPS) is 11.2. The van der Waals surface area contributed by atoms with Crippen LogP contribution in [0.1, 0.15) is 33.3 Å². The number of hydrogen-bond acceptors (Lipinski definition) is 8. The molecule has 0 aliphatic rings. The van der Waals surface area contributed by atoms with E-state index in [1.54, 1.807) is 24.3 Å². The average molecular weight is 330 g/mol. The highest BCUT2D eigenvalue weighted by Gasteiger charge is 2.10. The van der Waals surface area contributed by atoms with E-state index in [1.165, 1.54) is 6.21 Å². The van der Waals surface area contributed by atoms with Crippen molar-refractivity contribution in [3.05, 3.63) is 29.8 Å². The van der Waals surface area contributed by atoms with E-state index < -0.39 is 0 Å². The Kier molecular flexibility index (Phi) is 5.89. The Morgan fingerprint density at radius 2 is 1.50 bits per heavy atom. The molecule has 2 aromatic rings. The van der Waals surface area contributed by atoms with Crippen LogP contribution in [0.15, 0.2) is 29.4 Å². The van der Waals surface area contributed by atoms with Gasteiger partial charge in [0.25, 0.3) is 0 Å². The molecule has 0 radical (unpaired) electrons. The van der Waals surface area contributed by atoms with Gasteiger partial charge in [-0.1, -0.05) is 5.16 Å². The summed E-state index contributed by atoms with van der Waals surface area (Å²) >= 11 is 0. The van der Waals surface area contributed by atoms with Gasteiger partial charge in [-0.05, 0) is 57.5 Å². The maximum atomic E-state index is 8.53. The van der Waals surface area contributed by atoms with E-state index in [0.29, 0.717) is 17.6 Å². The van der Waals surface area contributed by atoms with Crippen molar-refractivity contribution in [2.24, 2.45) is 5.16 Å². The van der Waals surface area contributed by atoms with Crippen molar-refractivity contribution in [1.82, 2.24) is 15.0 Å². The number of rotatable bonds is 7. The van der Waals surface area contributed by atoms with Crippen molar-refractivity contribution < 1.29 is 9.94 Å². The van der Waals surface area contributed by atoms with E-state index >= 15 is 0 Å². The maximum absolute atomic E-state index is 8.53. The third-order valence-electron chi connectivity index (χ3n) is 2.75. The van der Waals surface area contributed by atoms with Crippen LogP contribution in [0.3, 0.4) is 0 Å². The summed E-state index contributed by atoms with van der Waals surface area (Å²) in [5.74, 6) is 1.46. The third-order valence-corrected chi connectivity index (χ3v) is 2.75. The molecule has 0 aliphatic carbocycles. The van der Waals surface area contributed by atoms with E-state index in [4.69, 9.17) is 9.94 Å². The zero-order chi connectivity index (χ0) is 17.5. The molecule has 2 rings (SSSR count). The Morgan fingerprint density at radius 3 is 1.96 bits per heavy atom. The molecule has 1 aromatic heterocycles. The van der Waals surface area contributed by atoms with Crippen LogP contribution in [0, 0.1) is 0 Å². The van der Waals surface area contributed by atoms with E-state index in [-0.39, 0.29) is 18.1 Å². The van der Waals surface area contributed by atoms with Crippen molar-refractivity contribution in [3.63, 3.8) is 0 Å². The molecule has 0 fully saturated rings. The summed E-state index contributed by atoms with van der Waals surface area (Å²) in [5.41, 5.74) is 0.754. The van der Waals surface area contributed by atoms with Crippen molar-refractivity contribution in [1.29, 1.82) is 0 Å². The van der Waals surface area contributed by atoms with Gasteiger partial charge in [-0.2, -0.15) is 15.0 Å². The quantitative estimate of drug-likeness (QED) is 0.407. The standard InChI is InChI=1S/C16H22N6O2/c1-10(2)18-14-20-15(19-11(3)4)22-16(21-14)24-13-7-5-12(6-8-13)9-17-23/h5-11,23H,1-4H3,(H2,18,19,20,21,22). The maximum Gasteiger partial charge on any atom is 0.328 e. The number of benzene rings is 1. The number of oxime groups is 1. The molecule has 8 nitrogen and oxygen atoms in total. The van der Waals surface area contributed by atoms with Gasteiger partial charge in [-0.3, -0.25) is 0 Å². The van der Waals surface area contributed by atoms with Gasteiger partial charge in [0, 0.05) is 12.1 Å². The molecule has 128 valence electrons. The summed E-state index contributed by atoms with van der Waals surface area (Å²) < 4.78 is 5.71. The molecular weight excluding hydrogens is 308 g/mol. The smallest absolute Gasteiger partial charge is 0.328 e. The molecule has 0 bridgehead atoms. The van der Waals surface area contributed by atoms with Crippen molar-refractivity contribution in [2.75, 3.05) is 10.6 Å². The van der Waals surface area contributed by atoms with E-state index in [1.807, 2.05) is 27.7 Å². The van der Waals surface area contributed by atoms with E-state index in [2.05, 4.69) is 30.7 Å². The second kappa shape index (κ2) is 8.09. The Bertz CT molecular complexity index is 657. The van der Waals surface area contributed by atoms with Crippen LogP contribution in [0.4, 0.5) is 11.9 Å². The number of ether oxygens (including phenoxy) is 1. The van der Waals surface area contributed by atoms with Gasteiger partial charge in [0.2, 0.25) is 11.9 Å². The van der Waals surface area contributed by atoms with Gasteiger partial charge < -0.3 is 20.6 Å². The number of nitrogens with one attached hydrogen (secondary N) is 2. The van der Waals surface area contributed by atoms with Crippen LogP contribution in [-0.4, -0.2) is 38.5 Å². The lowest BCUT2D eigenvalue weighted by Gasteiger charge is -2.13. The topological polar surface area (TPSA) is 105 Å². The van der Waals surface area contributed by atoms with Crippen LogP contribution in [0.25, 0.3) is 0 Å². The molecule has 0 saturated heterocycles. The molecule has 8 heteroatoms. The summed E-state index contributed by atoms with van der Waals surface area (Å²) in [4.78, 5) is 12.9. The molecular formula is C16H22N6O2. The number of anilines is 2. The van der Waals surface area contributed by atoms with E-state index in [0.717, 1.165) is 5.56 Å². The van der Waals surface area contributed by atoms with Gasteiger partial charge in [0.05, 0.1) is 6.21 Å². The fourth-order valence-electron chi connectivity index (χ4n) is 1.84. The third kappa shape index (κ3) is 5.38. The van der Waals surface area contributed by atoms with Crippen LogP contribution >= 0.6 is 0 Å². The van der Waals surface area contributed by atoms with Gasteiger partial charge in [0.15, 0.2) is 0 Å². The minimum atomic E-state index is 0.184. The number of nitrogens with zero attached hydrogens (tertiary/aromatic N) is 4. The van der Waals surface area contributed by atoms with Crippen molar-refractivity contribution in [2.45, 2.75) is 39.8 Å². The lowest BCUT2D eigenvalue weighted by molar-refractivity contribution is 0.322. The molecule has 0 spiro atoms. The van der Waals surface area contributed by atoms with Crippen LogP contribution < -0.4 is 15.4 Å². The Labute approximate surface area is 141 Å². The van der Waals surface area contributed by atoms with Gasteiger partial charge >= 0.3 is 6.01 Å². The lowest BCUT2D eigenvalue weighted by atomic mass is 10.2. The predicted octanol–water partition coefficient (Wildman–Crippen LogP) is 3.11. The summed E-state index contributed by atoms with van der Waals surface area (Å²) in [7, 11) is 0. The SMILES string of the molecule is CC(C)Nc1nc(NC(C)C)nc(Oc2ccc(C=NO)cc2)n1. The second-order valence-corrected chi connectivity index (χ2v) is 5.78. The Balaban J connectivity index is 2.23. The van der Waals surface area contributed by atoms with Crippen molar-refractivity contribution >= 4 is 18.1 Å². The lowest BCUT2D eigenvalue weighted by Crippen LogP contribution is -2.17. The summed E-state index contributed by atoms with van der Waals surface area (Å²) in [6.45, 7) is 8.01. The highest BCUT2D eigenvalue weighted by molar-refractivity contribution is 5.79. The first-order chi connectivity index (χ1) is 11.5. The highest BCUT2D eigenvalue weighted by Crippen LogP contribution is 2.20. The first-order valence-electron chi connectivity index (χ1n) is 7.70. The van der Waals surface area contributed by atoms with Gasteiger partial charge in [-0.25, -0.2) is 0 Å². The fraction of sp³-hybridized carbons (Fsp3) is 0.375. The molecule has 0 aliphatic heterocycles. The molecule has 1 aromatic carbocycles. The fourth-order valence-corrected chi connectivity index (χ4v) is 1.84. The zero-order valence-corrected chi connectivity index (χ0v) is 14.2. The van der Waals surface area contributed by atoms with Crippen molar-refractivity contribution in [3.8, 4) is 11.8 Å². The molecule has 0 saturated carbocycles. The molecule has 0 amide bonds. The largest absolute Gasteiger partial charge is 0.424 e. The van der Waals surface area contributed by atoms with Crippen LogP contribution in [0.2, 0.25) is 0 Å². The van der Waals surface area contributed by atoms with Gasteiger partial charge in [0.1, 0.15) is 5.75 Å². The molecule has 3 N–H and O–H groups in total. The average Bonchev–Trinajstić information content (AvgIpc) is 2.48. The monoisotopic (exact) mass is 330 g/mol. The van der Waals surface area contributed by atoms with Crippen LogP contribution in [-0.2, 0) is 0 Å². The molecule has 0 atom stereocenters. The first kappa shape index (κ1) is 17.5.